The zero-order valence-corrected chi connectivity index (χ0v) is 23.7. The van der Waals surface area contributed by atoms with Crippen molar-refractivity contribution >= 4 is 41.2 Å². The van der Waals surface area contributed by atoms with E-state index in [4.69, 9.17) is 14.2 Å². The molecule has 2 aromatic rings. The molecular weight excluding hydrogens is 518 g/mol. The number of aryl methyl sites for hydroxylation is 1. The van der Waals surface area contributed by atoms with Crippen molar-refractivity contribution in [3.8, 4) is 0 Å². The Kier molecular flexibility index (Phi) is 10.1. The Morgan fingerprint density at radius 2 is 1.82 bits per heavy atom. The topological polar surface area (TPSA) is 161 Å². The Labute approximate surface area is 233 Å². The van der Waals surface area contributed by atoms with E-state index in [1.54, 1.807) is 52.8 Å². The minimum Gasteiger partial charge on any atom is -0.462 e. The monoisotopic (exact) mass is 555 g/mol. The lowest BCUT2D eigenvalue weighted by Crippen LogP contribution is -2.35. The maximum Gasteiger partial charge on any atom is 0.407 e. The van der Waals surface area contributed by atoms with E-state index in [2.05, 4.69) is 25.9 Å². The fourth-order valence-electron chi connectivity index (χ4n) is 3.91. The summed E-state index contributed by atoms with van der Waals surface area (Å²) in [6.45, 7) is 11.9. The summed E-state index contributed by atoms with van der Waals surface area (Å²) < 4.78 is 15.7. The van der Waals surface area contributed by atoms with Crippen LogP contribution in [-0.2, 0) is 23.8 Å². The molecule has 0 spiro atoms. The molecule has 0 aliphatic carbocycles. The van der Waals surface area contributed by atoms with Crippen molar-refractivity contribution in [3.05, 3.63) is 46.5 Å². The molecule has 4 N–H and O–H groups in total. The van der Waals surface area contributed by atoms with Crippen molar-refractivity contribution < 1.29 is 33.4 Å². The first-order chi connectivity index (χ1) is 18.9. The predicted molar refractivity (Wildman–Crippen MR) is 149 cm³/mol. The number of esters is 1. The highest BCUT2D eigenvalue weighted by molar-refractivity contribution is 6.35. The van der Waals surface area contributed by atoms with E-state index < -0.39 is 23.6 Å². The Morgan fingerprint density at radius 1 is 1.12 bits per heavy atom. The Balaban J connectivity index is 1.58. The first-order valence-electron chi connectivity index (χ1n) is 13.1. The third kappa shape index (κ3) is 8.15. The van der Waals surface area contributed by atoms with Crippen molar-refractivity contribution in [1.29, 1.82) is 0 Å². The molecule has 1 aliphatic rings. The number of aromatic nitrogens is 2. The lowest BCUT2D eigenvalue weighted by atomic mass is 10.00. The summed E-state index contributed by atoms with van der Waals surface area (Å²) in [4.78, 5) is 56.9. The van der Waals surface area contributed by atoms with Gasteiger partial charge in [0.1, 0.15) is 5.60 Å². The van der Waals surface area contributed by atoms with Crippen LogP contribution in [0.4, 0.5) is 10.5 Å². The number of ether oxygens (including phenoxy) is 3. The van der Waals surface area contributed by atoms with Crippen LogP contribution in [0.1, 0.15) is 73.5 Å². The largest absolute Gasteiger partial charge is 0.462 e. The number of alkyl carbamates (subject to hydrolysis) is 1. The highest BCUT2D eigenvalue weighted by Crippen LogP contribution is 2.34. The normalized spacial score (nSPS) is 14.3. The molecule has 0 bridgehead atoms. The number of rotatable bonds is 11. The number of fused-ring (bicyclic) bond motifs is 1. The SMILES string of the molecule is CCOC(=O)c1cc(C)[nH]c1/C=C1\C(=O)Nc2cnc([C@H](C)C(=O)NCCOCCNC(=O)OC(C)(C)C)cc21. The number of H-pyrrole nitrogens is 1. The third-order valence-electron chi connectivity index (χ3n) is 5.77. The number of hydrogen-bond donors (Lipinski definition) is 4. The number of nitrogens with zero attached hydrogens (tertiary/aromatic N) is 1. The van der Waals surface area contributed by atoms with Gasteiger partial charge in [0.05, 0.1) is 60.1 Å². The van der Waals surface area contributed by atoms with Gasteiger partial charge in [0.15, 0.2) is 0 Å². The van der Waals surface area contributed by atoms with Crippen LogP contribution in [-0.4, -0.2) is 72.4 Å². The average Bonchev–Trinajstić information content (AvgIpc) is 3.40. The molecule has 2 aromatic heterocycles. The van der Waals surface area contributed by atoms with Gasteiger partial charge in [-0.3, -0.25) is 14.6 Å². The molecule has 3 amide bonds. The van der Waals surface area contributed by atoms with E-state index in [0.717, 1.165) is 5.69 Å². The molecule has 1 atom stereocenters. The maximum atomic E-state index is 12.8. The summed E-state index contributed by atoms with van der Waals surface area (Å²) in [5, 5.41) is 8.17. The van der Waals surface area contributed by atoms with Gasteiger partial charge < -0.3 is 35.1 Å². The second-order valence-electron chi connectivity index (χ2n) is 10.2. The quantitative estimate of drug-likeness (QED) is 0.187. The van der Waals surface area contributed by atoms with E-state index in [9.17, 15) is 19.2 Å². The fourth-order valence-corrected chi connectivity index (χ4v) is 3.91. The smallest absolute Gasteiger partial charge is 0.407 e. The van der Waals surface area contributed by atoms with E-state index in [1.165, 1.54) is 6.20 Å². The lowest BCUT2D eigenvalue weighted by Gasteiger charge is -2.19. The third-order valence-corrected chi connectivity index (χ3v) is 5.77. The second kappa shape index (κ2) is 13.2. The summed E-state index contributed by atoms with van der Waals surface area (Å²) in [7, 11) is 0. The summed E-state index contributed by atoms with van der Waals surface area (Å²) in [5.41, 5.74) is 2.88. The number of carbonyl (C=O) groups is 4. The molecule has 0 fully saturated rings. The van der Waals surface area contributed by atoms with Gasteiger partial charge in [0.2, 0.25) is 5.91 Å². The van der Waals surface area contributed by atoms with Crippen LogP contribution >= 0.6 is 0 Å². The average molecular weight is 556 g/mol. The van der Waals surface area contributed by atoms with Crippen molar-refractivity contribution in [2.24, 2.45) is 0 Å². The minimum absolute atomic E-state index is 0.231. The van der Waals surface area contributed by atoms with Crippen LogP contribution in [0.25, 0.3) is 11.6 Å². The zero-order valence-electron chi connectivity index (χ0n) is 23.7. The van der Waals surface area contributed by atoms with E-state index >= 15 is 0 Å². The molecule has 3 rings (SSSR count). The molecule has 216 valence electrons. The van der Waals surface area contributed by atoms with Gasteiger partial charge in [-0.1, -0.05) is 0 Å². The van der Waals surface area contributed by atoms with E-state index in [-0.39, 0.29) is 44.7 Å². The van der Waals surface area contributed by atoms with Crippen molar-refractivity contribution in [2.45, 2.75) is 53.1 Å². The molecule has 0 radical (unpaired) electrons. The standard InChI is InChI=1S/C28H37N5O7/c1-7-39-26(36)20-12-16(2)32-22(20)14-19-18-13-21(31-15-23(18)33-25(19)35)17(3)24(34)29-8-10-38-11-9-30-27(37)40-28(4,5)6/h12-15,17,32H,7-11H2,1-6H3,(H,29,34)(H,30,37)(H,33,35)/b19-14-/t17-/m0/s1. The molecule has 3 heterocycles. The minimum atomic E-state index is -0.598. The first kappa shape index (κ1) is 30.4. The molecule has 1 aliphatic heterocycles. The van der Waals surface area contributed by atoms with Crippen LogP contribution in [0.3, 0.4) is 0 Å². The first-order valence-corrected chi connectivity index (χ1v) is 13.1. The van der Waals surface area contributed by atoms with Gasteiger partial charge in [0, 0.05) is 24.3 Å². The highest BCUT2D eigenvalue weighted by atomic mass is 16.6. The molecule has 12 nitrogen and oxygen atoms in total. The Morgan fingerprint density at radius 3 is 2.50 bits per heavy atom. The lowest BCUT2D eigenvalue weighted by molar-refractivity contribution is -0.122. The van der Waals surface area contributed by atoms with Gasteiger partial charge in [0.25, 0.3) is 5.91 Å². The molecule has 0 saturated carbocycles. The number of pyridine rings is 1. The van der Waals surface area contributed by atoms with Crippen LogP contribution in [0, 0.1) is 6.92 Å². The maximum absolute atomic E-state index is 12.8. The van der Waals surface area contributed by atoms with Gasteiger partial charge >= 0.3 is 12.1 Å². The fraction of sp³-hybridized carbons (Fsp3) is 0.464. The molecule has 0 saturated heterocycles. The summed E-state index contributed by atoms with van der Waals surface area (Å²) in [6, 6.07) is 3.37. The Bertz CT molecular complexity index is 1290. The van der Waals surface area contributed by atoms with Gasteiger partial charge in [-0.15, -0.1) is 0 Å². The molecule has 12 heteroatoms. The molecule has 0 unspecified atom stereocenters. The summed E-state index contributed by atoms with van der Waals surface area (Å²) in [5.74, 6) is -1.68. The van der Waals surface area contributed by atoms with E-state index in [1.807, 2.05) is 6.92 Å². The number of amides is 3. The molecule has 0 aromatic carbocycles. The predicted octanol–water partition coefficient (Wildman–Crippen LogP) is 3.15. The van der Waals surface area contributed by atoms with E-state index in [0.29, 0.717) is 33.8 Å². The van der Waals surface area contributed by atoms with Crippen LogP contribution in [0.15, 0.2) is 18.3 Å². The summed E-state index contributed by atoms with van der Waals surface area (Å²) >= 11 is 0. The van der Waals surface area contributed by atoms with Gasteiger partial charge in [-0.25, -0.2) is 9.59 Å². The van der Waals surface area contributed by atoms with Crippen LogP contribution < -0.4 is 16.0 Å². The zero-order chi connectivity index (χ0) is 29.4. The van der Waals surface area contributed by atoms with Gasteiger partial charge in [-0.2, -0.15) is 0 Å². The Hall–Kier alpha value is -4.19. The number of anilines is 1. The van der Waals surface area contributed by atoms with Gasteiger partial charge in [-0.05, 0) is 59.8 Å². The molecular formula is C28H37N5O7. The van der Waals surface area contributed by atoms with Crippen molar-refractivity contribution in [2.75, 3.05) is 38.2 Å². The number of hydrogen-bond acceptors (Lipinski definition) is 8. The molecule has 40 heavy (non-hydrogen) atoms. The van der Waals surface area contributed by atoms with Crippen molar-refractivity contribution in [3.63, 3.8) is 0 Å². The number of carbonyl (C=O) groups excluding carboxylic acids is 4. The number of nitrogens with one attached hydrogen (secondary N) is 4. The van der Waals surface area contributed by atoms with Crippen LogP contribution in [0.2, 0.25) is 0 Å². The van der Waals surface area contributed by atoms with Crippen molar-refractivity contribution in [1.82, 2.24) is 20.6 Å². The summed E-state index contributed by atoms with van der Waals surface area (Å²) in [6.07, 6.45) is 2.60. The second-order valence-corrected chi connectivity index (χ2v) is 10.2. The highest BCUT2D eigenvalue weighted by Gasteiger charge is 2.28. The number of aromatic amines is 1. The van der Waals surface area contributed by atoms with Crippen LogP contribution in [0.5, 0.6) is 0 Å².